The third-order valence-electron chi connectivity index (χ3n) is 5.48. The normalized spacial score (nSPS) is 22.6. The summed E-state index contributed by atoms with van der Waals surface area (Å²) in [5, 5.41) is 10.9. The van der Waals surface area contributed by atoms with Gasteiger partial charge in [0.15, 0.2) is 0 Å². The Kier molecular flexibility index (Phi) is 11.5. The molecular weight excluding hydrogens is 467 g/mol. The molecule has 33 heavy (non-hydrogen) atoms. The fourth-order valence-corrected chi connectivity index (χ4v) is 4.63. The number of hydrogen-bond donors (Lipinski definition) is 1. The predicted molar refractivity (Wildman–Crippen MR) is 128 cm³/mol. The van der Waals surface area contributed by atoms with Crippen LogP contribution in [0.5, 0.6) is 5.75 Å². The average Bonchev–Trinajstić information content (AvgIpc) is 2.99. The monoisotopic (exact) mass is 500 g/mol. The minimum Gasteiger partial charge on any atom is -0.493 e. The van der Waals surface area contributed by atoms with E-state index >= 15 is 0 Å². The molecule has 0 saturated heterocycles. The molecule has 2 rings (SSSR count). The van der Waals surface area contributed by atoms with E-state index in [9.17, 15) is 14.7 Å². The van der Waals surface area contributed by atoms with Gasteiger partial charge in [-0.15, -0.1) is 11.6 Å². The van der Waals surface area contributed by atoms with Crippen molar-refractivity contribution in [2.45, 2.75) is 77.1 Å². The lowest BCUT2D eigenvalue weighted by Crippen LogP contribution is -2.27. The molecule has 1 aromatic rings. The first-order chi connectivity index (χ1) is 15.7. The molecule has 1 aliphatic rings. The van der Waals surface area contributed by atoms with Gasteiger partial charge in [0.1, 0.15) is 12.4 Å². The summed E-state index contributed by atoms with van der Waals surface area (Å²) in [4.78, 5) is 22.6. The third kappa shape index (κ3) is 9.95. The molecule has 8 heteroatoms. The highest BCUT2D eigenvalue weighted by atomic mass is 35.5. The van der Waals surface area contributed by atoms with Crippen molar-refractivity contribution in [3.63, 3.8) is 0 Å². The van der Waals surface area contributed by atoms with Gasteiger partial charge in [0.25, 0.3) is 0 Å². The Hall–Kier alpha value is -1.76. The molecule has 0 spiro atoms. The minimum absolute atomic E-state index is 0.0727. The van der Waals surface area contributed by atoms with Crippen molar-refractivity contribution < 1.29 is 28.9 Å². The van der Waals surface area contributed by atoms with Crippen LogP contribution >= 0.6 is 23.2 Å². The number of unbranched alkanes of at least 4 members (excludes halogenated alkanes) is 1. The number of esters is 2. The van der Waals surface area contributed by atoms with Crippen molar-refractivity contribution in [3.05, 3.63) is 40.9 Å². The summed E-state index contributed by atoms with van der Waals surface area (Å²) in [6.07, 6.45) is 6.64. The number of allylic oxidation sites excluding steroid dienone is 2. The van der Waals surface area contributed by atoms with E-state index in [0.29, 0.717) is 30.2 Å². The van der Waals surface area contributed by atoms with Gasteiger partial charge >= 0.3 is 11.9 Å². The summed E-state index contributed by atoms with van der Waals surface area (Å²) in [7, 11) is 0. The maximum Gasteiger partial charge on any atom is 0.306 e. The summed E-state index contributed by atoms with van der Waals surface area (Å²) >= 11 is 12.7. The van der Waals surface area contributed by atoms with Crippen molar-refractivity contribution in [2.24, 2.45) is 11.8 Å². The maximum absolute atomic E-state index is 11.6. The molecule has 0 radical (unpaired) electrons. The average molecular weight is 501 g/mol. The van der Waals surface area contributed by atoms with Crippen LogP contribution < -0.4 is 4.74 Å². The van der Waals surface area contributed by atoms with Crippen LogP contribution in [0.1, 0.15) is 58.4 Å². The molecule has 0 aromatic heterocycles. The van der Waals surface area contributed by atoms with Crippen LogP contribution in [-0.2, 0) is 25.7 Å². The molecule has 1 fully saturated rings. The SMILES string of the molecule is CC(=O)OCc1cc(Cl)cc(OC[C@@H]2[C@@H](C/C=C\CCCC(=O)OC(C)C)[C@H](Cl)C[C@H]2O)c1. The minimum atomic E-state index is -0.545. The van der Waals surface area contributed by atoms with E-state index in [2.05, 4.69) is 6.08 Å². The number of rotatable bonds is 12. The van der Waals surface area contributed by atoms with E-state index in [1.807, 2.05) is 19.9 Å². The Bertz CT molecular complexity index is 810. The van der Waals surface area contributed by atoms with Gasteiger partial charge in [0.05, 0.1) is 18.8 Å². The first-order valence-electron chi connectivity index (χ1n) is 11.4. The maximum atomic E-state index is 11.6. The summed E-state index contributed by atoms with van der Waals surface area (Å²) in [5.41, 5.74) is 0.728. The van der Waals surface area contributed by atoms with Crippen molar-refractivity contribution in [1.82, 2.24) is 0 Å². The number of ether oxygens (including phenoxy) is 3. The van der Waals surface area contributed by atoms with Gasteiger partial charge < -0.3 is 19.3 Å². The Balaban J connectivity index is 1.86. The molecule has 184 valence electrons. The van der Waals surface area contributed by atoms with Gasteiger partial charge in [-0.25, -0.2) is 0 Å². The third-order valence-corrected chi connectivity index (χ3v) is 6.20. The molecule has 6 nitrogen and oxygen atoms in total. The van der Waals surface area contributed by atoms with Crippen LogP contribution in [0, 0.1) is 11.8 Å². The fraction of sp³-hybridized carbons (Fsp3) is 0.600. The van der Waals surface area contributed by atoms with E-state index in [-0.39, 0.29) is 41.9 Å². The lowest BCUT2D eigenvalue weighted by Gasteiger charge is -2.23. The van der Waals surface area contributed by atoms with E-state index in [4.69, 9.17) is 37.4 Å². The fourth-order valence-electron chi connectivity index (χ4n) is 3.91. The summed E-state index contributed by atoms with van der Waals surface area (Å²) in [5.74, 6) is -0.0338. The zero-order chi connectivity index (χ0) is 24.4. The number of carbonyl (C=O) groups excluding carboxylic acids is 2. The van der Waals surface area contributed by atoms with Crippen LogP contribution in [0.4, 0.5) is 0 Å². The van der Waals surface area contributed by atoms with E-state index in [1.54, 1.807) is 18.2 Å². The number of aliphatic hydroxyl groups is 1. The van der Waals surface area contributed by atoms with Crippen LogP contribution in [0.3, 0.4) is 0 Å². The zero-order valence-corrected chi connectivity index (χ0v) is 21.0. The molecule has 4 atom stereocenters. The summed E-state index contributed by atoms with van der Waals surface area (Å²) in [6, 6.07) is 5.18. The van der Waals surface area contributed by atoms with Crippen molar-refractivity contribution in [1.29, 1.82) is 0 Å². The second kappa shape index (κ2) is 13.8. The topological polar surface area (TPSA) is 82.1 Å². The number of hydrogen-bond acceptors (Lipinski definition) is 6. The quantitative estimate of drug-likeness (QED) is 0.177. The van der Waals surface area contributed by atoms with Crippen LogP contribution in [0.15, 0.2) is 30.4 Å². The second-order valence-corrected chi connectivity index (χ2v) is 9.67. The Morgan fingerprint density at radius 3 is 2.67 bits per heavy atom. The van der Waals surface area contributed by atoms with Crippen molar-refractivity contribution in [2.75, 3.05) is 6.61 Å². The molecule has 0 amide bonds. The second-order valence-electron chi connectivity index (χ2n) is 8.67. The molecule has 1 aromatic carbocycles. The van der Waals surface area contributed by atoms with Crippen molar-refractivity contribution >= 4 is 35.1 Å². The molecule has 0 heterocycles. The smallest absolute Gasteiger partial charge is 0.306 e. The highest BCUT2D eigenvalue weighted by Gasteiger charge is 2.41. The molecule has 1 N–H and O–H groups in total. The molecule has 1 aliphatic carbocycles. The van der Waals surface area contributed by atoms with E-state index < -0.39 is 6.10 Å². The number of benzene rings is 1. The summed E-state index contributed by atoms with van der Waals surface area (Å²) in [6.45, 7) is 5.44. The van der Waals surface area contributed by atoms with Gasteiger partial charge in [-0.1, -0.05) is 23.8 Å². The van der Waals surface area contributed by atoms with Crippen LogP contribution in [0.25, 0.3) is 0 Å². The number of halogens is 2. The van der Waals surface area contributed by atoms with E-state index in [0.717, 1.165) is 24.8 Å². The van der Waals surface area contributed by atoms with E-state index in [1.165, 1.54) is 6.92 Å². The highest BCUT2D eigenvalue weighted by molar-refractivity contribution is 6.30. The zero-order valence-electron chi connectivity index (χ0n) is 19.5. The Morgan fingerprint density at radius 1 is 1.21 bits per heavy atom. The Morgan fingerprint density at radius 2 is 1.97 bits per heavy atom. The Labute approximate surface area is 206 Å². The largest absolute Gasteiger partial charge is 0.493 e. The standard InChI is InChI=1S/C25H34Cl2O6/c1-16(2)33-25(30)9-7-5-4-6-8-21-22(24(29)13-23(21)27)15-32-20-11-18(10-19(26)12-20)14-31-17(3)28/h4,6,10-12,16,21-24,29H,5,7-9,13-15H2,1-3H3/b6-4-/t21-,22-,23-,24-/m1/s1. The molecule has 0 aliphatic heterocycles. The van der Waals surface area contributed by atoms with Gasteiger partial charge in [-0.05, 0) is 69.2 Å². The number of aliphatic hydroxyl groups excluding tert-OH is 1. The van der Waals surface area contributed by atoms with Gasteiger partial charge in [-0.2, -0.15) is 0 Å². The lowest BCUT2D eigenvalue weighted by atomic mass is 9.92. The molecule has 0 bridgehead atoms. The van der Waals surface area contributed by atoms with Gasteiger partial charge in [0, 0.05) is 29.7 Å². The first kappa shape index (κ1) is 27.5. The predicted octanol–water partition coefficient (Wildman–Crippen LogP) is 5.45. The number of alkyl halides is 1. The molecular formula is C25H34Cl2O6. The van der Waals surface area contributed by atoms with Crippen LogP contribution in [-0.4, -0.2) is 41.2 Å². The highest BCUT2D eigenvalue weighted by Crippen LogP contribution is 2.39. The van der Waals surface area contributed by atoms with Gasteiger partial charge in [0.2, 0.25) is 0 Å². The first-order valence-corrected chi connectivity index (χ1v) is 12.2. The van der Waals surface area contributed by atoms with Crippen molar-refractivity contribution in [3.8, 4) is 5.75 Å². The molecule has 1 saturated carbocycles. The number of carbonyl (C=O) groups is 2. The summed E-state index contributed by atoms with van der Waals surface area (Å²) < 4.78 is 16.1. The molecule has 0 unspecified atom stereocenters. The van der Waals surface area contributed by atoms with Gasteiger partial charge in [-0.3, -0.25) is 9.59 Å². The lowest BCUT2D eigenvalue weighted by molar-refractivity contribution is -0.147. The van der Waals surface area contributed by atoms with Crippen LogP contribution in [0.2, 0.25) is 5.02 Å².